The quantitative estimate of drug-likeness (QED) is 0.272. The van der Waals surface area contributed by atoms with Crippen LogP contribution in [0.2, 0.25) is 0 Å². The number of nitrogens with zero attached hydrogens (tertiary/aromatic N) is 5. The van der Waals surface area contributed by atoms with Crippen LogP contribution in [0, 0.1) is 10.1 Å². The van der Waals surface area contributed by atoms with Gasteiger partial charge in [-0.15, -0.1) is 5.10 Å². The number of hydrogen-bond acceptors (Lipinski definition) is 5. The Kier molecular flexibility index (Phi) is 3.94. The van der Waals surface area contributed by atoms with Gasteiger partial charge in [0.1, 0.15) is 11.0 Å². The van der Waals surface area contributed by atoms with Gasteiger partial charge in [-0.3, -0.25) is 10.1 Å². The highest BCUT2D eigenvalue weighted by Crippen LogP contribution is 2.36. The Morgan fingerprint density at radius 2 is 1.50 bits per heavy atom. The van der Waals surface area contributed by atoms with Crippen LogP contribution in [-0.2, 0) is 0 Å². The molecule has 6 rings (SSSR count). The van der Waals surface area contributed by atoms with Crippen molar-refractivity contribution < 1.29 is 4.92 Å². The number of non-ortho nitro benzene ring substituents is 1. The van der Waals surface area contributed by atoms with E-state index in [2.05, 4.69) is 28.5 Å². The molecular weight excluding hydrogens is 402 g/mol. The van der Waals surface area contributed by atoms with Gasteiger partial charge < -0.3 is 0 Å². The Balaban J connectivity index is 1.72. The van der Waals surface area contributed by atoms with Crippen molar-refractivity contribution in [1.82, 2.24) is 20.0 Å². The predicted molar refractivity (Wildman–Crippen MR) is 124 cm³/mol. The number of para-hydroxylation sites is 1. The van der Waals surface area contributed by atoms with Crippen molar-refractivity contribution in [2.45, 2.75) is 0 Å². The molecule has 7 nitrogen and oxygen atoms in total. The number of nitro benzene ring substituents is 1. The minimum atomic E-state index is -0.417. The minimum absolute atomic E-state index is 0.0241. The Morgan fingerprint density at radius 3 is 2.31 bits per heavy atom. The van der Waals surface area contributed by atoms with E-state index in [0.717, 1.165) is 44.0 Å². The van der Waals surface area contributed by atoms with Gasteiger partial charge in [0, 0.05) is 23.1 Å². The molecule has 0 amide bonds. The van der Waals surface area contributed by atoms with Gasteiger partial charge in [0.25, 0.3) is 5.69 Å². The van der Waals surface area contributed by atoms with Gasteiger partial charge in [-0.25, -0.2) is 9.67 Å². The number of benzene rings is 4. The molecule has 0 atom stereocenters. The van der Waals surface area contributed by atoms with Crippen molar-refractivity contribution in [3.63, 3.8) is 0 Å². The molecule has 0 aliphatic carbocycles. The standard InChI is InChI=1S/C25H15N5O2/c31-30(32)18-14-12-17(13-15-18)29-25-23(20-10-5-7-16-6-1-2-8-19(16)20)26-22-11-4-3-9-21(22)24(25)27-28-29/h1-15H. The fourth-order valence-corrected chi connectivity index (χ4v) is 4.14. The van der Waals surface area contributed by atoms with Gasteiger partial charge in [0.15, 0.2) is 0 Å². The maximum atomic E-state index is 11.1. The fraction of sp³-hybridized carbons (Fsp3) is 0. The van der Waals surface area contributed by atoms with E-state index in [0.29, 0.717) is 5.69 Å². The third-order valence-corrected chi connectivity index (χ3v) is 5.64. The predicted octanol–water partition coefficient (Wildman–Crippen LogP) is 5.70. The van der Waals surface area contributed by atoms with Crippen molar-refractivity contribution in [3.05, 3.63) is 101 Å². The second-order valence-corrected chi connectivity index (χ2v) is 7.48. The van der Waals surface area contributed by atoms with Crippen LogP contribution < -0.4 is 0 Å². The second kappa shape index (κ2) is 6.95. The SMILES string of the molecule is O=[N+]([O-])c1ccc(-n2nnc3c4ccccc4nc(-c4cccc5ccccc45)c32)cc1. The summed E-state index contributed by atoms with van der Waals surface area (Å²) < 4.78 is 1.70. The first kappa shape index (κ1) is 18.1. The van der Waals surface area contributed by atoms with Crippen LogP contribution in [0.3, 0.4) is 0 Å². The fourth-order valence-electron chi connectivity index (χ4n) is 4.14. The van der Waals surface area contributed by atoms with Gasteiger partial charge in [0.05, 0.1) is 21.8 Å². The van der Waals surface area contributed by atoms with Crippen LogP contribution >= 0.6 is 0 Å². The van der Waals surface area contributed by atoms with Gasteiger partial charge in [-0.05, 0) is 29.0 Å². The molecule has 32 heavy (non-hydrogen) atoms. The Bertz CT molecular complexity index is 1650. The average Bonchev–Trinajstić information content (AvgIpc) is 3.29. The van der Waals surface area contributed by atoms with E-state index in [1.165, 1.54) is 12.1 Å². The van der Waals surface area contributed by atoms with E-state index < -0.39 is 4.92 Å². The normalized spacial score (nSPS) is 11.4. The summed E-state index contributed by atoms with van der Waals surface area (Å²) in [7, 11) is 0. The molecule has 0 saturated heterocycles. The van der Waals surface area contributed by atoms with Crippen LogP contribution in [0.25, 0.3) is 49.7 Å². The number of hydrogen-bond donors (Lipinski definition) is 0. The molecule has 0 saturated carbocycles. The molecule has 7 heteroatoms. The molecule has 2 heterocycles. The van der Waals surface area contributed by atoms with Gasteiger partial charge >= 0.3 is 0 Å². The summed E-state index contributed by atoms with van der Waals surface area (Å²) in [5, 5.41) is 23.1. The highest BCUT2D eigenvalue weighted by atomic mass is 16.6. The lowest BCUT2D eigenvalue weighted by Crippen LogP contribution is -2.00. The van der Waals surface area contributed by atoms with Crippen LogP contribution in [0.5, 0.6) is 0 Å². The number of nitro groups is 1. The molecule has 6 aromatic rings. The topological polar surface area (TPSA) is 86.7 Å². The monoisotopic (exact) mass is 417 g/mol. The Hall–Kier alpha value is -4.65. The molecule has 2 aromatic heterocycles. The van der Waals surface area contributed by atoms with Gasteiger partial charge in [-0.2, -0.15) is 0 Å². The lowest BCUT2D eigenvalue weighted by Gasteiger charge is -2.11. The highest BCUT2D eigenvalue weighted by Gasteiger charge is 2.19. The lowest BCUT2D eigenvalue weighted by molar-refractivity contribution is -0.384. The van der Waals surface area contributed by atoms with E-state index in [9.17, 15) is 10.1 Å². The maximum absolute atomic E-state index is 11.1. The van der Waals surface area contributed by atoms with Crippen molar-refractivity contribution in [2.75, 3.05) is 0 Å². The Morgan fingerprint density at radius 1 is 0.781 bits per heavy atom. The average molecular weight is 417 g/mol. The minimum Gasteiger partial charge on any atom is -0.258 e. The zero-order valence-electron chi connectivity index (χ0n) is 16.7. The third kappa shape index (κ3) is 2.72. The molecule has 0 N–H and O–H groups in total. The molecule has 0 radical (unpaired) electrons. The van der Waals surface area contributed by atoms with E-state index >= 15 is 0 Å². The summed E-state index contributed by atoms with van der Waals surface area (Å²) in [5.74, 6) is 0. The molecule has 152 valence electrons. The second-order valence-electron chi connectivity index (χ2n) is 7.48. The molecule has 0 spiro atoms. The molecule has 0 fully saturated rings. The van der Waals surface area contributed by atoms with E-state index in [1.807, 2.05) is 48.5 Å². The number of aromatic nitrogens is 4. The largest absolute Gasteiger partial charge is 0.269 e. The summed E-state index contributed by atoms with van der Waals surface area (Å²) in [4.78, 5) is 15.7. The maximum Gasteiger partial charge on any atom is 0.269 e. The van der Waals surface area contributed by atoms with Gasteiger partial charge in [-0.1, -0.05) is 65.9 Å². The summed E-state index contributed by atoms with van der Waals surface area (Å²) in [6, 6.07) is 28.4. The van der Waals surface area contributed by atoms with Crippen molar-refractivity contribution in [3.8, 4) is 16.9 Å². The number of pyridine rings is 1. The third-order valence-electron chi connectivity index (χ3n) is 5.64. The first-order valence-electron chi connectivity index (χ1n) is 10.1. The Labute approximate surface area is 181 Å². The highest BCUT2D eigenvalue weighted by molar-refractivity contribution is 6.10. The van der Waals surface area contributed by atoms with Crippen molar-refractivity contribution in [2.24, 2.45) is 0 Å². The van der Waals surface area contributed by atoms with Gasteiger partial charge in [0.2, 0.25) is 0 Å². The molecule has 0 unspecified atom stereocenters. The van der Waals surface area contributed by atoms with Crippen molar-refractivity contribution in [1.29, 1.82) is 0 Å². The number of fused-ring (bicyclic) bond motifs is 4. The molecule has 0 bridgehead atoms. The van der Waals surface area contributed by atoms with Crippen molar-refractivity contribution >= 4 is 38.4 Å². The lowest BCUT2D eigenvalue weighted by atomic mass is 10.00. The zero-order chi connectivity index (χ0) is 21.7. The van der Waals surface area contributed by atoms with E-state index in [4.69, 9.17) is 4.98 Å². The summed E-state index contributed by atoms with van der Waals surface area (Å²) in [6.07, 6.45) is 0. The van der Waals surface area contributed by atoms with Crippen LogP contribution in [0.1, 0.15) is 0 Å². The molecular formula is C25H15N5O2. The molecule has 0 aliphatic rings. The van der Waals surface area contributed by atoms with E-state index in [-0.39, 0.29) is 5.69 Å². The molecule has 4 aromatic carbocycles. The van der Waals surface area contributed by atoms with E-state index in [1.54, 1.807) is 16.8 Å². The smallest absolute Gasteiger partial charge is 0.258 e. The van der Waals surface area contributed by atoms with Crippen LogP contribution in [0.4, 0.5) is 5.69 Å². The first-order chi connectivity index (χ1) is 15.7. The summed E-state index contributed by atoms with van der Waals surface area (Å²) >= 11 is 0. The molecule has 0 aliphatic heterocycles. The van der Waals surface area contributed by atoms with Crippen LogP contribution in [-0.4, -0.2) is 24.9 Å². The first-order valence-corrected chi connectivity index (χ1v) is 10.1. The number of rotatable bonds is 3. The summed E-state index contributed by atoms with van der Waals surface area (Å²) in [6.45, 7) is 0. The summed E-state index contributed by atoms with van der Waals surface area (Å²) in [5.41, 5.74) is 4.76. The van der Waals surface area contributed by atoms with Crippen LogP contribution in [0.15, 0.2) is 91.0 Å². The zero-order valence-corrected chi connectivity index (χ0v) is 16.7.